The quantitative estimate of drug-likeness (QED) is 0.604. The summed E-state index contributed by atoms with van der Waals surface area (Å²) >= 11 is 0. The smallest absolute Gasteiger partial charge is 0.341 e. The zero-order chi connectivity index (χ0) is 18.7. The normalized spacial score (nSPS) is 11.1. The van der Waals surface area contributed by atoms with Gasteiger partial charge in [0, 0.05) is 17.5 Å². The van der Waals surface area contributed by atoms with E-state index in [0.717, 1.165) is 36.8 Å². The highest BCUT2D eigenvalue weighted by Crippen LogP contribution is 2.37. The number of carboxylic acids is 1. The van der Waals surface area contributed by atoms with Crippen LogP contribution in [0.25, 0.3) is 21.8 Å². The van der Waals surface area contributed by atoms with E-state index in [1.165, 1.54) is 6.20 Å². The molecule has 0 fully saturated rings. The monoisotopic (exact) mass is 355 g/mol. The second kappa shape index (κ2) is 7.43. The number of hydrogen-bond acceptors (Lipinski definition) is 4. The molecule has 1 amide bonds. The van der Waals surface area contributed by atoms with Crippen LogP contribution < -0.4 is 10.5 Å². The number of amides is 1. The SMILES string of the molecule is CCCCCn1c2cncc(OCC(=O)O)c2c2c(C(N)=O)cccc21. The number of aliphatic carboxylic acids is 1. The second-order valence-electron chi connectivity index (χ2n) is 6.14. The minimum absolute atomic E-state index is 0.331. The third kappa shape index (κ3) is 3.20. The van der Waals surface area contributed by atoms with Gasteiger partial charge in [-0.05, 0) is 18.6 Å². The lowest BCUT2D eigenvalue weighted by Gasteiger charge is -2.07. The number of unbranched alkanes of at least 4 members (excludes halogenated alkanes) is 2. The van der Waals surface area contributed by atoms with Crippen molar-refractivity contribution in [2.45, 2.75) is 32.7 Å². The number of ether oxygens (including phenoxy) is 1. The maximum atomic E-state index is 12.0. The van der Waals surface area contributed by atoms with Crippen molar-refractivity contribution in [3.05, 3.63) is 36.2 Å². The molecule has 136 valence electrons. The molecule has 2 heterocycles. The Morgan fingerprint density at radius 3 is 2.69 bits per heavy atom. The van der Waals surface area contributed by atoms with E-state index in [4.69, 9.17) is 15.6 Å². The van der Waals surface area contributed by atoms with Crippen LogP contribution in [-0.4, -0.2) is 33.1 Å². The first-order chi connectivity index (χ1) is 12.5. The van der Waals surface area contributed by atoms with Crippen molar-refractivity contribution in [1.29, 1.82) is 0 Å². The number of aryl methyl sites for hydroxylation is 1. The van der Waals surface area contributed by atoms with E-state index >= 15 is 0 Å². The zero-order valence-electron chi connectivity index (χ0n) is 14.6. The number of rotatable bonds is 8. The molecule has 0 spiro atoms. The molecule has 0 radical (unpaired) electrons. The van der Waals surface area contributed by atoms with Gasteiger partial charge in [0.1, 0.15) is 5.75 Å². The molecule has 0 saturated carbocycles. The van der Waals surface area contributed by atoms with Crippen molar-refractivity contribution in [2.75, 3.05) is 6.61 Å². The summed E-state index contributed by atoms with van der Waals surface area (Å²) < 4.78 is 7.53. The summed E-state index contributed by atoms with van der Waals surface area (Å²) in [6.45, 7) is 2.42. The Bertz CT molecular complexity index is 978. The van der Waals surface area contributed by atoms with E-state index in [9.17, 15) is 9.59 Å². The lowest BCUT2D eigenvalue weighted by atomic mass is 10.1. The number of carbonyl (C=O) groups is 2. The first kappa shape index (κ1) is 17.7. The first-order valence-electron chi connectivity index (χ1n) is 8.58. The van der Waals surface area contributed by atoms with E-state index in [1.807, 2.05) is 6.07 Å². The number of primary amides is 1. The van der Waals surface area contributed by atoms with Crippen LogP contribution in [0.4, 0.5) is 0 Å². The predicted molar refractivity (Wildman–Crippen MR) is 98.4 cm³/mol. The molecule has 1 aromatic carbocycles. The lowest BCUT2D eigenvalue weighted by Crippen LogP contribution is -2.11. The van der Waals surface area contributed by atoms with Crippen LogP contribution in [0, 0.1) is 0 Å². The van der Waals surface area contributed by atoms with Crippen LogP contribution in [0.5, 0.6) is 5.75 Å². The highest BCUT2D eigenvalue weighted by Gasteiger charge is 2.20. The molecule has 0 saturated heterocycles. The van der Waals surface area contributed by atoms with E-state index in [1.54, 1.807) is 18.3 Å². The van der Waals surface area contributed by atoms with Gasteiger partial charge in [0.25, 0.3) is 0 Å². The highest BCUT2D eigenvalue weighted by molar-refractivity contribution is 6.19. The Morgan fingerprint density at radius 1 is 1.19 bits per heavy atom. The van der Waals surface area contributed by atoms with Crippen molar-refractivity contribution in [2.24, 2.45) is 5.73 Å². The number of benzene rings is 1. The number of hydrogen-bond donors (Lipinski definition) is 2. The molecule has 3 aromatic rings. The average molecular weight is 355 g/mol. The third-order valence-corrected chi connectivity index (χ3v) is 4.37. The maximum Gasteiger partial charge on any atom is 0.341 e. The van der Waals surface area contributed by atoms with Crippen LogP contribution in [0.15, 0.2) is 30.6 Å². The fraction of sp³-hybridized carbons (Fsp3) is 0.316. The molecular formula is C19H21N3O4. The molecule has 0 aliphatic carbocycles. The molecule has 2 aromatic heterocycles. The van der Waals surface area contributed by atoms with Gasteiger partial charge in [-0.25, -0.2) is 4.79 Å². The number of aromatic nitrogens is 2. The second-order valence-corrected chi connectivity index (χ2v) is 6.14. The van der Waals surface area contributed by atoms with Gasteiger partial charge < -0.3 is 20.1 Å². The molecule has 0 aliphatic rings. The number of pyridine rings is 1. The largest absolute Gasteiger partial charge is 0.480 e. The standard InChI is InChI=1S/C19H21N3O4/c1-2-3-4-8-22-13-7-5-6-12(19(20)25)17(13)18-14(22)9-21-10-15(18)26-11-16(23)24/h5-7,9-10H,2-4,8,11H2,1H3,(H2,20,25)(H,23,24). The van der Waals surface area contributed by atoms with Crippen molar-refractivity contribution in [3.63, 3.8) is 0 Å². The minimum Gasteiger partial charge on any atom is -0.480 e. The molecule has 26 heavy (non-hydrogen) atoms. The summed E-state index contributed by atoms with van der Waals surface area (Å²) in [7, 11) is 0. The first-order valence-corrected chi connectivity index (χ1v) is 8.58. The van der Waals surface area contributed by atoms with Gasteiger partial charge in [0.15, 0.2) is 6.61 Å². The molecule has 0 aliphatic heterocycles. The fourth-order valence-electron chi connectivity index (χ4n) is 3.26. The number of nitrogens with zero attached hydrogens (tertiary/aromatic N) is 2. The van der Waals surface area contributed by atoms with E-state index in [0.29, 0.717) is 22.1 Å². The Balaban J connectivity index is 2.28. The van der Waals surface area contributed by atoms with Gasteiger partial charge in [0.05, 0.1) is 28.8 Å². The van der Waals surface area contributed by atoms with E-state index in [-0.39, 0.29) is 0 Å². The lowest BCUT2D eigenvalue weighted by molar-refractivity contribution is -0.139. The summed E-state index contributed by atoms with van der Waals surface area (Å²) in [6.07, 6.45) is 6.34. The van der Waals surface area contributed by atoms with Gasteiger partial charge in [0.2, 0.25) is 5.91 Å². The molecule has 0 bridgehead atoms. The molecule has 0 unspecified atom stereocenters. The topological polar surface area (TPSA) is 107 Å². The summed E-state index contributed by atoms with van der Waals surface area (Å²) in [5, 5.41) is 10.3. The van der Waals surface area contributed by atoms with E-state index in [2.05, 4.69) is 16.5 Å². The van der Waals surface area contributed by atoms with Gasteiger partial charge in [-0.15, -0.1) is 0 Å². The van der Waals surface area contributed by atoms with Gasteiger partial charge in [-0.1, -0.05) is 25.8 Å². The minimum atomic E-state index is -1.08. The Hall–Kier alpha value is -3.09. The van der Waals surface area contributed by atoms with Crippen LogP contribution >= 0.6 is 0 Å². The van der Waals surface area contributed by atoms with Crippen LogP contribution in [0.2, 0.25) is 0 Å². The molecule has 7 nitrogen and oxygen atoms in total. The average Bonchev–Trinajstić information content (AvgIpc) is 2.94. The maximum absolute atomic E-state index is 12.0. The molecule has 3 rings (SSSR count). The molecule has 7 heteroatoms. The Kier molecular flexibility index (Phi) is 5.06. The number of carbonyl (C=O) groups excluding carboxylic acids is 1. The highest BCUT2D eigenvalue weighted by atomic mass is 16.5. The molecule has 0 atom stereocenters. The third-order valence-electron chi connectivity index (χ3n) is 4.37. The van der Waals surface area contributed by atoms with Crippen LogP contribution in [0.1, 0.15) is 36.5 Å². The zero-order valence-corrected chi connectivity index (χ0v) is 14.6. The van der Waals surface area contributed by atoms with Gasteiger partial charge in [-0.3, -0.25) is 9.78 Å². The van der Waals surface area contributed by atoms with E-state index < -0.39 is 18.5 Å². The van der Waals surface area contributed by atoms with Crippen molar-refractivity contribution >= 4 is 33.7 Å². The summed E-state index contributed by atoms with van der Waals surface area (Å²) in [6, 6.07) is 5.39. The van der Waals surface area contributed by atoms with Gasteiger partial charge in [-0.2, -0.15) is 0 Å². The fourth-order valence-corrected chi connectivity index (χ4v) is 3.26. The Morgan fingerprint density at radius 2 is 2.00 bits per heavy atom. The van der Waals surface area contributed by atoms with Crippen molar-refractivity contribution < 1.29 is 19.4 Å². The number of nitrogens with two attached hydrogens (primary N) is 1. The Labute approximate surface area is 150 Å². The van der Waals surface area contributed by atoms with Gasteiger partial charge >= 0.3 is 5.97 Å². The van der Waals surface area contributed by atoms with Crippen molar-refractivity contribution in [1.82, 2.24) is 9.55 Å². The molecule has 3 N–H and O–H groups in total. The van der Waals surface area contributed by atoms with Crippen LogP contribution in [0.3, 0.4) is 0 Å². The molecular weight excluding hydrogens is 334 g/mol. The van der Waals surface area contributed by atoms with Crippen LogP contribution in [-0.2, 0) is 11.3 Å². The summed E-state index contributed by atoms with van der Waals surface area (Å²) in [4.78, 5) is 27.1. The summed E-state index contributed by atoms with van der Waals surface area (Å²) in [5.41, 5.74) is 7.62. The predicted octanol–water partition coefficient (Wildman–Crippen LogP) is 2.94. The van der Waals surface area contributed by atoms with Crippen molar-refractivity contribution in [3.8, 4) is 5.75 Å². The number of fused-ring (bicyclic) bond motifs is 3. The number of carboxylic acid groups (broad SMARTS) is 1. The summed E-state index contributed by atoms with van der Waals surface area (Å²) in [5.74, 6) is -1.29.